The maximum atomic E-state index is 6.04. The van der Waals surface area contributed by atoms with Crippen LogP contribution in [-0.4, -0.2) is 59.7 Å². The number of rotatable bonds is 10. The highest BCUT2D eigenvalue weighted by Crippen LogP contribution is 2.24. The van der Waals surface area contributed by atoms with Crippen LogP contribution >= 0.6 is 23.4 Å². The molecule has 10 heteroatoms. The molecule has 0 atom stereocenters. The van der Waals surface area contributed by atoms with E-state index in [1.807, 2.05) is 48.5 Å². The fourth-order valence-electron chi connectivity index (χ4n) is 4.24. The molecule has 2 aliphatic heterocycles. The first-order chi connectivity index (χ1) is 17.7. The molecule has 2 fully saturated rings. The number of benzene rings is 2. The molecule has 3 aromatic rings. The maximum absolute atomic E-state index is 6.04. The molecule has 2 saturated heterocycles. The highest BCUT2D eigenvalue weighted by atomic mass is 35.5. The lowest BCUT2D eigenvalue weighted by molar-refractivity contribution is 0.343. The average molecular weight is 524 g/mol. The van der Waals surface area contributed by atoms with Crippen LogP contribution in [0.1, 0.15) is 31.2 Å². The number of thioether (sulfide) groups is 1. The molecule has 0 unspecified atom stereocenters. The van der Waals surface area contributed by atoms with Crippen LogP contribution in [0.5, 0.6) is 5.75 Å². The SMILES string of the molecule is Clc1ccc(SCCOc2ccccc2/C=N\Nc2nc(N3CCCC3)nc(N3CCCC3)n2)cc1. The minimum Gasteiger partial charge on any atom is -0.492 e. The molecule has 36 heavy (non-hydrogen) atoms. The molecule has 0 bridgehead atoms. The molecule has 8 nitrogen and oxygen atoms in total. The number of aromatic nitrogens is 3. The van der Waals surface area contributed by atoms with Crippen LogP contribution < -0.4 is 20.0 Å². The van der Waals surface area contributed by atoms with Gasteiger partial charge in [0.1, 0.15) is 5.75 Å². The van der Waals surface area contributed by atoms with Crippen LogP contribution in [0.15, 0.2) is 58.5 Å². The van der Waals surface area contributed by atoms with Gasteiger partial charge in [0.05, 0.1) is 12.8 Å². The second kappa shape index (κ2) is 12.3. The summed E-state index contributed by atoms with van der Waals surface area (Å²) in [5, 5.41) is 5.17. The van der Waals surface area contributed by atoms with Crippen LogP contribution in [0.4, 0.5) is 17.8 Å². The smallest absolute Gasteiger partial charge is 0.250 e. The Balaban J connectivity index is 1.22. The number of anilines is 3. The molecule has 0 amide bonds. The molecule has 188 valence electrons. The van der Waals surface area contributed by atoms with Gasteiger partial charge in [0, 0.05) is 47.4 Å². The van der Waals surface area contributed by atoms with Gasteiger partial charge in [-0.1, -0.05) is 23.7 Å². The topological polar surface area (TPSA) is 78.8 Å². The summed E-state index contributed by atoms with van der Waals surface area (Å²) in [6.07, 6.45) is 6.42. The number of para-hydroxylation sites is 1. The van der Waals surface area contributed by atoms with Gasteiger partial charge in [-0.2, -0.15) is 20.1 Å². The van der Waals surface area contributed by atoms with Gasteiger partial charge in [-0.25, -0.2) is 5.43 Å². The predicted molar refractivity (Wildman–Crippen MR) is 148 cm³/mol. The summed E-state index contributed by atoms with van der Waals surface area (Å²) in [4.78, 5) is 19.7. The Kier molecular flexibility index (Phi) is 8.40. The number of nitrogens with zero attached hydrogens (tertiary/aromatic N) is 6. The van der Waals surface area contributed by atoms with Gasteiger partial charge in [0.2, 0.25) is 17.8 Å². The van der Waals surface area contributed by atoms with Crippen LogP contribution in [-0.2, 0) is 0 Å². The Hall–Kier alpha value is -3.04. The first-order valence-corrected chi connectivity index (χ1v) is 13.8. The fraction of sp³-hybridized carbons (Fsp3) is 0.385. The van der Waals surface area contributed by atoms with E-state index in [0.29, 0.717) is 12.6 Å². The molecule has 0 spiro atoms. The molecule has 0 saturated carbocycles. The van der Waals surface area contributed by atoms with Crippen molar-refractivity contribution in [2.24, 2.45) is 5.10 Å². The van der Waals surface area contributed by atoms with Crippen molar-refractivity contribution >= 4 is 47.4 Å². The van der Waals surface area contributed by atoms with E-state index in [1.54, 1.807) is 18.0 Å². The van der Waals surface area contributed by atoms with Gasteiger partial charge in [-0.3, -0.25) is 0 Å². The molecular weight excluding hydrogens is 494 g/mol. The van der Waals surface area contributed by atoms with Crippen molar-refractivity contribution in [2.45, 2.75) is 30.6 Å². The predicted octanol–water partition coefficient (Wildman–Crippen LogP) is 5.34. The highest BCUT2D eigenvalue weighted by molar-refractivity contribution is 7.99. The van der Waals surface area contributed by atoms with Gasteiger partial charge >= 0.3 is 0 Å². The van der Waals surface area contributed by atoms with Gasteiger partial charge in [0.25, 0.3) is 0 Å². The first-order valence-electron chi connectivity index (χ1n) is 12.4. The lowest BCUT2D eigenvalue weighted by atomic mass is 10.2. The Morgan fingerprint density at radius 2 is 1.53 bits per heavy atom. The molecule has 0 radical (unpaired) electrons. The van der Waals surface area contributed by atoms with Gasteiger partial charge in [-0.05, 0) is 62.1 Å². The minimum atomic E-state index is 0.461. The number of ether oxygens (including phenoxy) is 1. The van der Waals surface area contributed by atoms with E-state index in [9.17, 15) is 0 Å². The van der Waals surface area contributed by atoms with E-state index in [1.165, 1.54) is 30.6 Å². The Labute approximate surface area is 221 Å². The zero-order valence-electron chi connectivity index (χ0n) is 20.1. The number of nitrogens with one attached hydrogen (secondary N) is 1. The summed E-state index contributed by atoms with van der Waals surface area (Å²) < 4.78 is 6.04. The maximum Gasteiger partial charge on any atom is 0.250 e. The molecular formula is C26H30ClN7OS. The minimum absolute atomic E-state index is 0.461. The largest absolute Gasteiger partial charge is 0.492 e. The summed E-state index contributed by atoms with van der Waals surface area (Å²) >= 11 is 7.69. The van der Waals surface area contributed by atoms with E-state index in [0.717, 1.165) is 60.2 Å². The van der Waals surface area contributed by atoms with Crippen LogP contribution in [0.25, 0.3) is 0 Å². The van der Waals surface area contributed by atoms with Gasteiger partial charge < -0.3 is 14.5 Å². The lowest BCUT2D eigenvalue weighted by Gasteiger charge is -2.20. The number of halogens is 1. The number of hydrazone groups is 1. The van der Waals surface area contributed by atoms with Crippen molar-refractivity contribution in [3.63, 3.8) is 0 Å². The Morgan fingerprint density at radius 1 is 0.889 bits per heavy atom. The molecule has 2 aliphatic rings. The summed E-state index contributed by atoms with van der Waals surface area (Å²) in [5.74, 6) is 3.52. The van der Waals surface area contributed by atoms with Crippen molar-refractivity contribution in [1.82, 2.24) is 15.0 Å². The highest BCUT2D eigenvalue weighted by Gasteiger charge is 2.21. The van der Waals surface area contributed by atoms with Crippen molar-refractivity contribution in [2.75, 3.05) is 53.8 Å². The molecule has 1 N–H and O–H groups in total. The summed E-state index contributed by atoms with van der Waals surface area (Å²) in [6.45, 7) is 4.50. The van der Waals surface area contributed by atoms with Crippen molar-refractivity contribution in [3.8, 4) is 5.75 Å². The monoisotopic (exact) mass is 523 g/mol. The van der Waals surface area contributed by atoms with E-state index in [-0.39, 0.29) is 0 Å². The molecule has 1 aromatic heterocycles. The van der Waals surface area contributed by atoms with Crippen LogP contribution in [0, 0.1) is 0 Å². The molecule has 3 heterocycles. The third-order valence-corrected chi connectivity index (χ3v) is 7.33. The number of hydrogen-bond acceptors (Lipinski definition) is 9. The van der Waals surface area contributed by atoms with E-state index >= 15 is 0 Å². The summed E-state index contributed by atoms with van der Waals surface area (Å²) in [6, 6.07) is 15.7. The standard InChI is InChI=1S/C26H30ClN7OS/c27-21-9-11-22(12-10-21)36-18-17-35-23-8-2-1-7-20(23)19-28-32-24-29-25(33-13-3-4-14-33)31-26(30-24)34-15-5-6-16-34/h1-2,7-12,19H,3-6,13-18H2,(H,29,30,31,32)/b28-19-. The zero-order valence-corrected chi connectivity index (χ0v) is 21.7. The Morgan fingerprint density at radius 3 is 2.19 bits per heavy atom. The molecule has 2 aromatic carbocycles. The van der Waals surface area contributed by atoms with Crippen LogP contribution in [0.3, 0.4) is 0 Å². The third-order valence-electron chi connectivity index (χ3n) is 6.10. The van der Waals surface area contributed by atoms with E-state index < -0.39 is 0 Å². The summed E-state index contributed by atoms with van der Waals surface area (Å²) in [7, 11) is 0. The molecule has 5 rings (SSSR count). The van der Waals surface area contributed by atoms with Crippen molar-refractivity contribution < 1.29 is 4.74 Å². The van der Waals surface area contributed by atoms with Crippen molar-refractivity contribution in [3.05, 3.63) is 59.1 Å². The normalized spacial score (nSPS) is 15.7. The summed E-state index contributed by atoms with van der Waals surface area (Å²) in [5.41, 5.74) is 3.91. The van der Waals surface area contributed by atoms with E-state index in [4.69, 9.17) is 21.3 Å². The second-order valence-electron chi connectivity index (χ2n) is 8.71. The second-order valence-corrected chi connectivity index (χ2v) is 10.3. The Bertz CT molecular complexity index is 1130. The third kappa shape index (κ3) is 6.59. The number of hydrogen-bond donors (Lipinski definition) is 1. The van der Waals surface area contributed by atoms with E-state index in [2.05, 4.69) is 30.3 Å². The zero-order chi connectivity index (χ0) is 24.6. The first kappa shape index (κ1) is 24.6. The van der Waals surface area contributed by atoms with Gasteiger partial charge in [-0.15, -0.1) is 11.8 Å². The van der Waals surface area contributed by atoms with Crippen molar-refractivity contribution in [1.29, 1.82) is 0 Å². The molecule has 0 aliphatic carbocycles. The quantitative estimate of drug-likeness (QED) is 0.165. The average Bonchev–Trinajstić information content (AvgIpc) is 3.64. The van der Waals surface area contributed by atoms with Crippen LogP contribution in [0.2, 0.25) is 5.02 Å². The fourth-order valence-corrected chi connectivity index (χ4v) is 5.10. The lowest BCUT2D eigenvalue weighted by Crippen LogP contribution is -2.25. The van der Waals surface area contributed by atoms with Gasteiger partial charge in [0.15, 0.2) is 0 Å².